The summed E-state index contributed by atoms with van der Waals surface area (Å²) in [4.78, 5) is 10.8. The van der Waals surface area contributed by atoms with Crippen LogP contribution < -0.4 is 0 Å². The summed E-state index contributed by atoms with van der Waals surface area (Å²) < 4.78 is 10.4. The Morgan fingerprint density at radius 1 is 1.50 bits per heavy atom. The average molecular weight is 198 g/mol. The van der Waals surface area contributed by atoms with Crippen LogP contribution in [0.4, 0.5) is 0 Å². The molecule has 0 spiro atoms. The highest BCUT2D eigenvalue weighted by atomic mass is 16.6. The van der Waals surface area contributed by atoms with Crippen LogP contribution in [0.5, 0.6) is 0 Å². The van der Waals surface area contributed by atoms with Crippen LogP contribution in [-0.4, -0.2) is 36.5 Å². The molecule has 14 heavy (non-hydrogen) atoms. The lowest BCUT2D eigenvalue weighted by atomic mass is 9.83. The molecule has 1 N–H and O–H groups in total. The van der Waals surface area contributed by atoms with Crippen molar-refractivity contribution in [1.29, 1.82) is 0 Å². The van der Waals surface area contributed by atoms with E-state index in [2.05, 4.69) is 0 Å². The quantitative estimate of drug-likeness (QED) is 0.480. The van der Waals surface area contributed by atoms with Crippen molar-refractivity contribution in [2.75, 3.05) is 13.2 Å². The number of carbonyl (C=O) groups is 1. The van der Waals surface area contributed by atoms with Crippen molar-refractivity contribution in [2.24, 2.45) is 11.8 Å². The second kappa shape index (κ2) is 3.71. The summed E-state index contributed by atoms with van der Waals surface area (Å²) in [7, 11) is 0. The Balaban J connectivity index is 2.12. The van der Waals surface area contributed by atoms with Gasteiger partial charge in [-0.2, -0.15) is 0 Å². The predicted molar refractivity (Wildman–Crippen MR) is 48.5 cm³/mol. The normalized spacial score (nSPS) is 40.7. The lowest BCUT2D eigenvalue weighted by Crippen LogP contribution is -2.42. The molecule has 0 bridgehead atoms. The largest absolute Gasteiger partial charge is 0.459 e. The Bertz CT molecular complexity index is 261. The Labute approximate surface area is 82.5 Å². The molecule has 0 aromatic heterocycles. The molecule has 2 rings (SSSR count). The van der Waals surface area contributed by atoms with Crippen LogP contribution in [0.25, 0.3) is 0 Å². The number of ether oxygens (including phenoxy) is 2. The van der Waals surface area contributed by atoms with Gasteiger partial charge < -0.3 is 14.6 Å². The first-order valence-electron chi connectivity index (χ1n) is 4.80. The van der Waals surface area contributed by atoms with Crippen LogP contribution in [-0.2, 0) is 14.3 Å². The first-order valence-corrected chi connectivity index (χ1v) is 4.80. The van der Waals surface area contributed by atoms with Crippen molar-refractivity contribution in [2.45, 2.75) is 19.1 Å². The maximum Gasteiger partial charge on any atom is 0.303 e. The van der Waals surface area contributed by atoms with Gasteiger partial charge in [-0.15, -0.1) is 0 Å². The van der Waals surface area contributed by atoms with Crippen LogP contribution in [0.15, 0.2) is 12.2 Å². The summed E-state index contributed by atoms with van der Waals surface area (Å²) in [5, 5.41) is 9.65. The molecule has 0 aromatic carbocycles. The van der Waals surface area contributed by atoms with Crippen molar-refractivity contribution in [3.63, 3.8) is 0 Å². The topological polar surface area (TPSA) is 55.8 Å². The summed E-state index contributed by atoms with van der Waals surface area (Å²) in [6.45, 7) is 2.57. The summed E-state index contributed by atoms with van der Waals surface area (Å²) in [6, 6.07) is 0. The van der Waals surface area contributed by atoms with Gasteiger partial charge in [-0.1, -0.05) is 12.2 Å². The molecule has 1 heterocycles. The van der Waals surface area contributed by atoms with Gasteiger partial charge >= 0.3 is 5.97 Å². The minimum absolute atomic E-state index is 0.110. The second-order valence-corrected chi connectivity index (χ2v) is 3.81. The van der Waals surface area contributed by atoms with Crippen LogP contribution >= 0.6 is 0 Å². The monoisotopic (exact) mass is 198 g/mol. The number of hydrogen-bond acceptors (Lipinski definition) is 4. The maximum atomic E-state index is 10.8. The maximum absolute atomic E-state index is 10.8. The van der Waals surface area contributed by atoms with Crippen molar-refractivity contribution < 1.29 is 19.4 Å². The van der Waals surface area contributed by atoms with Gasteiger partial charge in [-0.05, 0) is 0 Å². The number of fused-ring (bicyclic) bond motifs is 1. The van der Waals surface area contributed by atoms with E-state index in [0.717, 1.165) is 0 Å². The molecule has 4 heteroatoms. The molecule has 1 saturated heterocycles. The summed E-state index contributed by atoms with van der Waals surface area (Å²) >= 11 is 0. The molecular weight excluding hydrogens is 184 g/mol. The number of esters is 1. The van der Waals surface area contributed by atoms with Gasteiger partial charge in [-0.25, -0.2) is 0 Å². The zero-order valence-electron chi connectivity index (χ0n) is 8.05. The van der Waals surface area contributed by atoms with E-state index in [9.17, 15) is 9.90 Å². The highest BCUT2D eigenvalue weighted by Crippen LogP contribution is 2.32. The molecule has 0 amide bonds. The summed E-state index contributed by atoms with van der Waals surface area (Å²) in [5.41, 5.74) is 0. The number of rotatable bonds is 1. The van der Waals surface area contributed by atoms with Crippen LogP contribution in [0.2, 0.25) is 0 Å². The summed E-state index contributed by atoms with van der Waals surface area (Å²) in [6.07, 6.45) is 2.50. The van der Waals surface area contributed by atoms with E-state index in [4.69, 9.17) is 9.47 Å². The molecule has 1 aliphatic heterocycles. The molecule has 1 fully saturated rings. The predicted octanol–water partition coefficient (Wildman–Crippen LogP) is 0.111. The van der Waals surface area contributed by atoms with Gasteiger partial charge in [-0.3, -0.25) is 4.79 Å². The fourth-order valence-electron chi connectivity index (χ4n) is 2.09. The van der Waals surface area contributed by atoms with E-state index < -0.39 is 12.2 Å². The van der Waals surface area contributed by atoms with Gasteiger partial charge in [0.1, 0.15) is 12.2 Å². The third kappa shape index (κ3) is 1.67. The Morgan fingerprint density at radius 3 is 3.00 bits per heavy atom. The smallest absolute Gasteiger partial charge is 0.303 e. The minimum atomic E-state index is -0.693. The number of aliphatic hydroxyl groups excluding tert-OH is 1. The van der Waals surface area contributed by atoms with Gasteiger partial charge in [0.05, 0.1) is 13.2 Å². The van der Waals surface area contributed by atoms with E-state index in [1.807, 2.05) is 6.08 Å². The molecule has 0 saturated carbocycles. The second-order valence-electron chi connectivity index (χ2n) is 3.81. The fraction of sp³-hybridized carbons (Fsp3) is 0.700. The Kier molecular flexibility index (Phi) is 2.56. The average Bonchev–Trinajstić information content (AvgIpc) is 2.57. The third-order valence-electron chi connectivity index (χ3n) is 2.79. The first-order chi connectivity index (χ1) is 6.68. The first kappa shape index (κ1) is 9.68. The van der Waals surface area contributed by atoms with E-state index >= 15 is 0 Å². The van der Waals surface area contributed by atoms with Crippen LogP contribution in [0.3, 0.4) is 0 Å². The molecule has 78 valence electrons. The molecule has 0 unspecified atom stereocenters. The molecule has 4 nitrogen and oxygen atoms in total. The molecule has 0 aromatic rings. The van der Waals surface area contributed by atoms with Crippen molar-refractivity contribution in [3.8, 4) is 0 Å². The lowest BCUT2D eigenvalue weighted by molar-refractivity contribution is -0.155. The minimum Gasteiger partial charge on any atom is -0.459 e. The van der Waals surface area contributed by atoms with Gasteiger partial charge in [0, 0.05) is 18.8 Å². The number of aliphatic hydroxyl groups is 1. The highest BCUT2D eigenvalue weighted by Gasteiger charge is 2.41. The van der Waals surface area contributed by atoms with E-state index in [1.54, 1.807) is 6.08 Å². The van der Waals surface area contributed by atoms with Crippen molar-refractivity contribution >= 4 is 5.97 Å². The highest BCUT2D eigenvalue weighted by molar-refractivity contribution is 5.66. The Hall–Kier alpha value is -0.870. The standard InChI is InChI=1S/C10H14O4/c1-6(11)14-10-8-5-13-4-7(8)2-3-9(10)12/h2-3,7-10,12H,4-5H2,1H3/t7-,8+,9+,10-/m0/s1. The number of hydrogen-bond donors (Lipinski definition) is 1. The van der Waals surface area contributed by atoms with Crippen molar-refractivity contribution in [3.05, 3.63) is 12.2 Å². The van der Waals surface area contributed by atoms with Crippen LogP contribution in [0, 0.1) is 11.8 Å². The SMILES string of the molecule is CC(=O)O[C@H]1[C@@H]2COC[C@@H]2C=C[C@H]1O. The zero-order chi connectivity index (χ0) is 10.1. The van der Waals surface area contributed by atoms with Crippen molar-refractivity contribution in [1.82, 2.24) is 0 Å². The van der Waals surface area contributed by atoms with E-state index in [1.165, 1.54) is 6.92 Å². The number of carbonyl (C=O) groups excluding carboxylic acids is 1. The molecule has 0 radical (unpaired) electrons. The van der Waals surface area contributed by atoms with Gasteiger partial charge in [0.15, 0.2) is 0 Å². The zero-order valence-corrected chi connectivity index (χ0v) is 8.05. The van der Waals surface area contributed by atoms with Crippen LogP contribution in [0.1, 0.15) is 6.92 Å². The van der Waals surface area contributed by atoms with E-state index in [0.29, 0.717) is 13.2 Å². The third-order valence-corrected chi connectivity index (χ3v) is 2.79. The fourth-order valence-corrected chi connectivity index (χ4v) is 2.09. The summed E-state index contributed by atoms with van der Waals surface area (Å²) in [5.74, 6) is 0.0386. The Morgan fingerprint density at radius 2 is 2.29 bits per heavy atom. The van der Waals surface area contributed by atoms with Gasteiger partial charge in [0.2, 0.25) is 0 Å². The molecule has 4 atom stereocenters. The lowest BCUT2D eigenvalue weighted by Gasteiger charge is -2.31. The molecule has 1 aliphatic carbocycles. The van der Waals surface area contributed by atoms with E-state index in [-0.39, 0.29) is 17.8 Å². The molecule has 2 aliphatic rings. The molecular formula is C10H14O4. The van der Waals surface area contributed by atoms with Gasteiger partial charge in [0.25, 0.3) is 0 Å².